The number of rotatable bonds is 5. The van der Waals surface area contributed by atoms with E-state index in [2.05, 4.69) is 5.16 Å². The van der Waals surface area contributed by atoms with E-state index in [1.807, 2.05) is 53.1 Å². The van der Waals surface area contributed by atoms with Crippen molar-refractivity contribution in [1.82, 2.24) is 0 Å². The highest BCUT2D eigenvalue weighted by Crippen LogP contribution is 2.10. The highest BCUT2D eigenvalue weighted by Gasteiger charge is 2.26. The van der Waals surface area contributed by atoms with E-state index in [-0.39, 0.29) is 11.9 Å². The number of hydrogen-bond donors (Lipinski definition) is 0. The SMILES string of the molecule is CC(C)/C(=N/O[Si](C)(C)C)C(=O)O[Si](C)(C)C. The van der Waals surface area contributed by atoms with Gasteiger partial charge >= 0.3 is 5.97 Å². The molecule has 0 rings (SSSR count). The molecule has 0 N–H and O–H groups in total. The van der Waals surface area contributed by atoms with Crippen molar-refractivity contribution in [3.63, 3.8) is 0 Å². The van der Waals surface area contributed by atoms with E-state index >= 15 is 0 Å². The normalized spacial score (nSPS) is 13.8. The van der Waals surface area contributed by atoms with Gasteiger partial charge in [-0.05, 0) is 39.3 Å². The molecular formula is C11H25NO3Si2. The first-order valence-electron chi connectivity index (χ1n) is 5.92. The molecule has 0 fully saturated rings. The summed E-state index contributed by atoms with van der Waals surface area (Å²) in [6.45, 7) is 15.8. The van der Waals surface area contributed by atoms with E-state index in [9.17, 15) is 4.79 Å². The number of oxime groups is 1. The van der Waals surface area contributed by atoms with Crippen LogP contribution in [0.3, 0.4) is 0 Å². The van der Waals surface area contributed by atoms with Gasteiger partial charge in [0.05, 0.1) is 0 Å². The van der Waals surface area contributed by atoms with Gasteiger partial charge in [0.2, 0.25) is 8.32 Å². The molecule has 4 nitrogen and oxygen atoms in total. The maximum atomic E-state index is 11.9. The van der Waals surface area contributed by atoms with Crippen LogP contribution >= 0.6 is 0 Å². The lowest BCUT2D eigenvalue weighted by atomic mass is 10.1. The minimum absolute atomic E-state index is 0.00944. The summed E-state index contributed by atoms with van der Waals surface area (Å²) in [4.78, 5) is 11.9. The van der Waals surface area contributed by atoms with E-state index in [1.165, 1.54) is 0 Å². The van der Waals surface area contributed by atoms with Crippen molar-refractivity contribution in [2.24, 2.45) is 11.1 Å². The Kier molecular flexibility index (Phi) is 5.60. The highest BCUT2D eigenvalue weighted by molar-refractivity contribution is 6.73. The number of carbonyl (C=O) groups excluding carboxylic acids is 1. The van der Waals surface area contributed by atoms with Crippen LogP contribution in [0.15, 0.2) is 5.16 Å². The zero-order valence-corrected chi connectivity index (χ0v) is 14.2. The van der Waals surface area contributed by atoms with Crippen LogP contribution in [0.1, 0.15) is 13.8 Å². The van der Waals surface area contributed by atoms with Crippen LogP contribution in [0.4, 0.5) is 0 Å². The molecule has 6 heteroatoms. The lowest BCUT2D eigenvalue weighted by Gasteiger charge is -2.20. The molecule has 100 valence electrons. The molecule has 0 saturated heterocycles. The van der Waals surface area contributed by atoms with Crippen molar-refractivity contribution in [3.05, 3.63) is 0 Å². The molecule has 0 atom stereocenters. The van der Waals surface area contributed by atoms with E-state index in [4.69, 9.17) is 8.95 Å². The number of nitrogens with zero attached hydrogens (tertiary/aromatic N) is 1. The molecule has 0 aliphatic heterocycles. The van der Waals surface area contributed by atoms with Gasteiger partial charge in [-0.3, -0.25) is 0 Å². The Morgan fingerprint density at radius 1 is 1.00 bits per heavy atom. The second kappa shape index (κ2) is 5.81. The second-order valence-corrected chi connectivity index (χ2v) is 15.2. The van der Waals surface area contributed by atoms with Crippen LogP contribution in [0, 0.1) is 5.92 Å². The number of hydrogen-bond acceptors (Lipinski definition) is 4. The van der Waals surface area contributed by atoms with Gasteiger partial charge in [0.1, 0.15) is 0 Å². The maximum absolute atomic E-state index is 11.9. The van der Waals surface area contributed by atoms with Gasteiger partial charge in [0.15, 0.2) is 5.71 Å². The maximum Gasteiger partial charge on any atom is 0.342 e. The molecule has 0 bridgehead atoms. The Labute approximate surface area is 107 Å². The highest BCUT2D eigenvalue weighted by atomic mass is 28.4. The zero-order valence-electron chi connectivity index (χ0n) is 12.2. The minimum atomic E-state index is -1.88. The third-order valence-corrected chi connectivity index (χ3v) is 3.01. The summed E-state index contributed by atoms with van der Waals surface area (Å²) in [5.41, 5.74) is 0.384. The Balaban J connectivity index is 4.81. The van der Waals surface area contributed by atoms with Gasteiger partial charge in [-0.2, -0.15) is 0 Å². The summed E-state index contributed by atoms with van der Waals surface area (Å²) in [7, 11) is -3.63. The molecule has 0 aromatic rings. The molecule has 0 aliphatic rings. The first-order chi connectivity index (χ1) is 7.42. The monoisotopic (exact) mass is 275 g/mol. The van der Waals surface area contributed by atoms with Gasteiger partial charge in [0, 0.05) is 5.92 Å². The topological polar surface area (TPSA) is 47.9 Å². The van der Waals surface area contributed by atoms with Crippen molar-refractivity contribution in [1.29, 1.82) is 0 Å². The molecular weight excluding hydrogens is 250 g/mol. The van der Waals surface area contributed by atoms with Gasteiger partial charge < -0.3 is 8.95 Å². The van der Waals surface area contributed by atoms with Crippen LogP contribution in [0.5, 0.6) is 0 Å². The molecule has 0 spiro atoms. The van der Waals surface area contributed by atoms with Gasteiger partial charge in [-0.15, -0.1) is 0 Å². The predicted octanol–water partition coefficient (Wildman–Crippen LogP) is 3.23. The average molecular weight is 275 g/mol. The van der Waals surface area contributed by atoms with Gasteiger partial charge in [-0.1, -0.05) is 19.0 Å². The molecule has 0 heterocycles. The Hall–Kier alpha value is -0.626. The smallest absolute Gasteiger partial charge is 0.342 e. The zero-order chi connectivity index (χ0) is 13.9. The van der Waals surface area contributed by atoms with Crippen molar-refractivity contribution in [2.75, 3.05) is 0 Å². The van der Waals surface area contributed by atoms with Gasteiger partial charge in [0.25, 0.3) is 8.32 Å². The van der Waals surface area contributed by atoms with E-state index in [0.29, 0.717) is 5.71 Å². The summed E-state index contributed by atoms with van der Waals surface area (Å²) >= 11 is 0. The van der Waals surface area contributed by atoms with Crippen LogP contribution in [0.25, 0.3) is 0 Å². The molecule has 0 saturated carbocycles. The third-order valence-electron chi connectivity index (χ3n) is 1.57. The Morgan fingerprint density at radius 2 is 1.47 bits per heavy atom. The van der Waals surface area contributed by atoms with Crippen molar-refractivity contribution < 1.29 is 13.7 Å². The predicted molar refractivity (Wildman–Crippen MR) is 76.1 cm³/mol. The van der Waals surface area contributed by atoms with Crippen LogP contribution in [0.2, 0.25) is 39.3 Å². The lowest BCUT2D eigenvalue weighted by molar-refractivity contribution is -0.128. The Morgan fingerprint density at radius 3 is 1.76 bits per heavy atom. The first-order valence-corrected chi connectivity index (χ1v) is 12.7. The average Bonchev–Trinajstić information content (AvgIpc) is 1.96. The van der Waals surface area contributed by atoms with Crippen molar-refractivity contribution in [3.8, 4) is 0 Å². The molecule has 0 radical (unpaired) electrons. The van der Waals surface area contributed by atoms with E-state index in [0.717, 1.165) is 0 Å². The summed E-state index contributed by atoms with van der Waals surface area (Å²) in [6, 6.07) is 0. The number of carbonyl (C=O) groups is 1. The molecule has 0 amide bonds. The summed E-state index contributed by atoms with van der Waals surface area (Å²) in [6.07, 6.45) is 0. The first kappa shape index (κ1) is 16.4. The third kappa shape index (κ3) is 8.15. The van der Waals surface area contributed by atoms with Crippen LogP contribution < -0.4 is 0 Å². The van der Waals surface area contributed by atoms with Crippen molar-refractivity contribution in [2.45, 2.75) is 53.1 Å². The van der Waals surface area contributed by atoms with Crippen LogP contribution in [-0.4, -0.2) is 28.3 Å². The second-order valence-electron chi connectivity index (χ2n) is 6.34. The molecule has 0 aromatic carbocycles. The fourth-order valence-electron chi connectivity index (χ4n) is 0.895. The Bertz CT molecular complexity index is 301. The van der Waals surface area contributed by atoms with E-state index < -0.39 is 16.6 Å². The largest absolute Gasteiger partial charge is 0.515 e. The summed E-state index contributed by atoms with van der Waals surface area (Å²) in [5, 5.41) is 4.00. The van der Waals surface area contributed by atoms with Gasteiger partial charge in [-0.25, -0.2) is 4.79 Å². The van der Waals surface area contributed by atoms with E-state index in [1.54, 1.807) is 0 Å². The molecule has 0 aliphatic carbocycles. The lowest BCUT2D eigenvalue weighted by Crippen LogP contribution is -2.35. The molecule has 17 heavy (non-hydrogen) atoms. The summed E-state index contributed by atoms with van der Waals surface area (Å²) < 4.78 is 10.9. The standard InChI is InChI=1S/C11H25NO3Si2/c1-9(2)10(12-15-17(6,7)8)11(13)14-16(3,4)5/h9H,1-8H3/b12-10-. The summed E-state index contributed by atoms with van der Waals surface area (Å²) in [5.74, 6) is -0.326. The quantitative estimate of drug-likeness (QED) is 0.440. The molecule has 0 aromatic heterocycles. The fourth-order valence-corrected chi connectivity index (χ4v) is 1.93. The molecule has 0 unspecified atom stereocenters. The fraction of sp³-hybridized carbons (Fsp3) is 0.818. The minimum Gasteiger partial charge on any atom is -0.515 e. The van der Waals surface area contributed by atoms with Crippen molar-refractivity contribution >= 4 is 28.3 Å². The van der Waals surface area contributed by atoms with Crippen LogP contribution in [-0.2, 0) is 13.7 Å².